The summed E-state index contributed by atoms with van der Waals surface area (Å²) < 4.78 is 28.9. The largest absolute Gasteiger partial charge is 0.369 e. The van der Waals surface area contributed by atoms with Crippen molar-refractivity contribution in [1.29, 1.82) is 0 Å². The molecule has 5 heteroatoms. The predicted molar refractivity (Wildman–Crippen MR) is 74.8 cm³/mol. The molecular weight excluding hydrogens is 260 g/mol. The highest BCUT2D eigenvalue weighted by molar-refractivity contribution is 5.81. The van der Waals surface area contributed by atoms with E-state index in [0.29, 0.717) is 11.2 Å². The topological polar surface area (TPSA) is 43.8 Å². The second-order valence-corrected chi connectivity index (χ2v) is 4.56. The lowest BCUT2D eigenvalue weighted by molar-refractivity contribution is 0.514. The fraction of sp³-hybridized carbons (Fsp3) is 0.133. The van der Waals surface area contributed by atoms with E-state index < -0.39 is 11.6 Å². The van der Waals surface area contributed by atoms with Crippen molar-refractivity contribution in [3.8, 4) is 5.69 Å². The standard InChI is InChI=1S/C15H13F2N3/c1-2-9-4-3-5-10(8-9)20-14-12(19-15(20)18)7-6-11(16)13(14)17/h3-8H,2H2,1H3,(H2,18,19). The molecule has 2 aromatic carbocycles. The smallest absolute Gasteiger partial charge is 0.206 e. The number of benzene rings is 2. The van der Waals surface area contributed by atoms with Crippen molar-refractivity contribution < 1.29 is 8.78 Å². The molecule has 0 saturated heterocycles. The lowest BCUT2D eigenvalue weighted by atomic mass is 10.1. The number of nitrogen functional groups attached to an aromatic ring is 1. The van der Waals surface area contributed by atoms with Crippen molar-refractivity contribution in [2.45, 2.75) is 13.3 Å². The summed E-state index contributed by atoms with van der Waals surface area (Å²) in [6, 6.07) is 9.98. The molecule has 0 amide bonds. The van der Waals surface area contributed by atoms with Gasteiger partial charge in [0.1, 0.15) is 5.52 Å². The lowest BCUT2D eigenvalue weighted by Crippen LogP contribution is -2.02. The van der Waals surface area contributed by atoms with Gasteiger partial charge in [0.05, 0.1) is 5.52 Å². The van der Waals surface area contributed by atoms with E-state index in [1.807, 2.05) is 25.1 Å². The van der Waals surface area contributed by atoms with E-state index in [2.05, 4.69) is 4.98 Å². The minimum absolute atomic E-state index is 0.0655. The van der Waals surface area contributed by atoms with Gasteiger partial charge in [0, 0.05) is 5.69 Å². The Morgan fingerprint density at radius 2 is 2.00 bits per heavy atom. The van der Waals surface area contributed by atoms with E-state index in [-0.39, 0.29) is 11.5 Å². The van der Waals surface area contributed by atoms with Crippen LogP contribution in [0, 0.1) is 11.6 Å². The molecule has 0 atom stereocenters. The van der Waals surface area contributed by atoms with E-state index in [1.54, 1.807) is 6.07 Å². The SMILES string of the molecule is CCc1cccc(-n2c(N)nc3ccc(F)c(F)c32)c1. The van der Waals surface area contributed by atoms with Gasteiger partial charge in [-0.25, -0.2) is 13.8 Å². The monoisotopic (exact) mass is 273 g/mol. The molecule has 102 valence electrons. The molecule has 0 aliphatic carbocycles. The maximum absolute atomic E-state index is 14.0. The summed E-state index contributed by atoms with van der Waals surface area (Å²) in [6.07, 6.45) is 0.844. The Hall–Kier alpha value is -2.43. The summed E-state index contributed by atoms with van der Waals surface area (Å²) >= 11 is 0. The Morgan fingerprint density at radius 3 is 2.75 bits per heavy atom. The molecule has 0 radical (unpaired) electrons. The highest BCUT2D eigenvalue weighted by Crippen LogP contribution is 2.27. The highest BCUT2D eigenvalue weighted by Gasteiger charge is 2.17. The van der Waals surface area contributed by atoms with Gasteiger partial charge in [-0.15, -0.1) is 0 Å². The van der Waals surface area contributed by atoms with Crippen molar-refractivity contribution in [2.75, 3.05) is 5.73 Å². The minimum atomic E-state index is -0.936. The lowest BCUT2D eigenvalue weighted by Gasteiger charge is -2.08. The second-order valence-electron chi connectivity index (χ2n) is 4.56. The molecule has 0 fully saturated rings. The number of imidazole rings is 1. The third kappa shape index (κ3) is 1.82. The van der Waals surface area contributed by atoms with Crippen molar-refractivity contribution in [2.24, 2.45) is 0 Å². The van der Waals surface area contributed by atoms with Crippen LogP contribution in [0.4, 0.5) is 14.7 Å². The number of nitrogens with zero attached hydrogens (tertiary/aromatic N) is 2. The van der Waals surface area contributed by atoms with Crippen LogP contribution in [0.15, 0.2) is 36.4 Å². The minimum Gasteiger partial charge on any atom is -0.369 e. The third-order valence-electron chi connectivity index (χ3n) is 3.31. The number of halogens is 2. The number of anilines is 1. The van der Waals surface area contributed by atoms with E-state index in [0.717, 1.165) is 18.1 Å². The first kappa shape index (κ1) is 12.6. The molecule has 3 aromatic rings. The summed E-state index contributed by atoms with van der Waals surface area (Å²) in [6.45, 7) is 2.02. The van der Waals surface area contributed by atoms with Gasteiger partial charge in [0.15, 0.2) is 11.6 Å². The summed E-state index contributed by atoms with van der Waals surface area (Å²) in [5, 5.41) is 0. The summed E-state index contributed by atoms with van der Waals surface area (Å²) in [5.41, 5.74) is 8.02. The molecule has 3 nitrogen and oxygen atoms in total. The fourth-order valence-electron chi connectivity index (χ4n) is 2.30. The zero-order valence-electron chi connectivity index (χ0n) is 10.9. The highest BCUT2D eigenvalue weighted by atomic mass is 19.2. The first-order chi connectivity index (χ1) is 9.61. The van der Waals surface area contributed by atoms with Crippen LogP contribution in [0.3, 0.4) is 0 Å². The molecule has 2 N–H and O–H groups in total. The van der Waals surface area contributed by atoms with Crippen LogP contribution >= 0.6 is 0 Å². The predicted octanol–water partition coefficient (Wildman–Crippen LogP) is 3.45. The third-order valence-corrected chi connectivity index (χ3v) is 3.31. The van der Waals surface area contributed by atoms with E-state index >= 15 is 0 Å². The second kappa shape index (κ2) is 4.59. The van der Waals surface area contributed by atoms with Crippen molar-refractivity contribution >= 4 is 17.0 Å². The van der Waals surface area contributed by atoms with Crippen LogP contribution in [-0.2, 0) is 6.42 Å². The van der Waals surface area contributed by atoms with Gasteiger partial charge in [-0.05, 0) is 36.2 Å². The first-order valence-corrected chi connectivity index (χ1v) is 6.33. The number of hydrogen-bond donors (Lipinski definition) is 1. The zero-order chi connectivity index (χ0) is 14.3. The number of hydrogen-bond acceptors (Lipinski definition) is 2. The van der Waals surface area contributed by atoms with E-state index in [4.69, 9.17) is 5.73 Å². The van der Waals surface area contributed by atoms with Crippen LogP contribution < -0.4 is 5.73 Å². The molecule has 3 rings (SSSR count). The average molecular weight is 273 g/mol. The van der Waals surface area contributed by atoms with Crippen LogP contribution in [0.25, 0.3) is 16.7 Å². The van der Waals surface area contributed by atoms with Crippen molar-refractivity contribution in [3.05, 3.63) is 53.6 Å². The van der Waals surface area contributed by atoms with Crippen molar-refractivity contribution in [3.63, 3.8) is 0 Å². The summed E-state index contributed by atoms with van der Waals surface area (Å²) in [7, 11) is 0. The molecule has 0 spiro atoms. The van der Waals surface area contributed by atoms with Gasteiger partial charge in [0.2, 0.25) is 5.95 Å². The van der Waals surface area contributed by atoms with Gasteiger partial charge in [0.25, 0.3) is 0 Å². The van der Waals surface area contributed by atoms with Gasteiger partial charge in [-0.2, -0.15) is 0 Å². The van der Waals surface area contributed by atoms with Crippen LogP contribution in [0.2, 0.25) is 0 Å². The Bertz CT molecular complexity index is 793. The van der Waals surface area contributed by atoms with Gasteiger partial charge >= 0.3 is 0 Å². The molecule has 0 aliphatic rings. The normalized spacial score (nSPS) is 11.2. The van der Waals surface area contributed by atoms with Gasteiger partial charge in [-0.1, -0.05) is 19.1 Å². The van der Waals surface area contributed by atoms with E-state index in [9.17, 15) is 8.78 Å². The Balaban J connectivity index is 2.35. The maximum atomic E-state index is 14.0. The van der Waals surface area contributed by atoms with Crippen molar-refractivity contribution in [1.82, 2.24) is 9.55 Å². The number of aromatic nitrogens is 2. The number of aryl methyl sites for hydroxylation is 1. The Morgan fingerprint density at radius 1 is 1.20 bits per heavy atom. The Labute approximate surface area is 114 Å². The first-order valence-electron chi connectivity index (χ1n) is 6.33. The molecule has 20 heavy (non-hydrogen) atoms. The van der Waals surface area contributed by atoms with Crippen LogP contribution in [-0.4, -0.2) is 9.55 Å². The number of rotatable bonds is 2. The zero-order valence-corrected chi connectivity index (χ0v) is 10.9. The van der Waals surface area contributed by atoms with E-state index in [1.165, 1.54) is 10.6 Å². The molecule has 1 heterocycles. The Kier molecular flexibility index (Phi) is 2.89. The quantitative estimate of drug-likeness (QED) is 0.777. The summed E-state index contributed by atoms with van der Waals surface area (Å²) in [4.78, 5) is 4.08. The fourth-order valence-corrected chi connectivity index (χ4v) is 2.30. The average Bonchev–Trinajstić information content (AvgIpc) is 2.80. The molecule has 0 bridgehead atoms. The number of nitrogens with two attached hydrogens (primary N) is 1. The number of fused-ring (bicyclic) bond motifs is 1. The molecule has 0 unspecified atom stereocenters. The molecule has 0 saturated carbocycles. The van der Waals surface area contributed by atoms with Gasteiger partial charge in [-0.3, -0.25) is 4.57 Å². The van der Waals surface area contributed by atoms with Crippen LogP contribution in [0.1, 0.15) is 12.5 Å². The van der Waals surface area contributed by atoms with Gasteiger partial charge < -0.3 is 5.73 Å². The molecule has 0 aliphatic heterocycles. The maximum Gasteiger partial charge on any atom is 0.206 e. The molecular formula is C15H13F2N3. The van der Waals surface area contributed by atoms with Crippen LogP contribution in [0.5, 0.6) is 0 Å². The molecule has 1 aromatic heterocycles. The summed E-state index contributed by atoms with van der Waals surface area (Å²) in [5.74, 6) is -1.71.